The Morgan fingerprint density at radius 3 is 2.61 bits per heavy atom. The molecular formula is C20H22FN3O4. The molecule has 0 bridgehead atoms. The molecule has 1 aromatic carbocycles. The van der Waals surface area contributed by atoms with Crippen molar-refractivity contribution < 1.29 is 19.4 Å². The van der Waals surface area contributed by atoms with Gasteiger partial charge >= 0.3 is 6.09 Å². The van der Waals surface area contributed by atoms with Crippen molar-refractivity contribution in [2.45, 2.75) is 37.8 Å². The van der Waals surface area contributed by atoms with Gasteiger partial charge < -0.3 is 15.1 Å². The molecule has 148 valence electrons. The average molecular weight is 387 g/mol. The molecule has 1 saturated heterocycles. The summed E-state index contributed by atoms with van der Waals surface area (Å²) in [5.41, 5.74) is -1.60. The molecule has 1 amide bonds. The maximum Gasteiger partial charge on any atom is 0.407 e. The smallest absolute Gasteiger partial charge is 0.407 e. The molecule has 0 radical (unpaired) electrons. The van der Waals surface area contributed by atoms with E-state index in [0.29, 0.717) is 0 Å². The molecule has 7 nitrogen and oxygen atoms in total. The van der Waals surface area contributed by atoms with E-state index in [9.17, 15) is 24.2 Å². The fourth-order valence-electron chi connectivity index (χ4n) is 4.46. The first kappa shape index (κ1) is 18.6. The summed E-state index contributed by atoms with van der Waals surface area (Å²) in [6.07, 6.45) is 2.99. The number of piperidine rings is 1. The van der Waals surface area contributed by atoms with Crippen LogP contribution < -0.4 is 5.56 Å². The topological polar surface area (TPSA) is 95.7 Å². The van der Waals surface area contributed by atoms with Gasteiger partial charge in [-0.05, 0) is 31.4 Å². The summed E-state index contributed by atoms with van der Waals surface area (Å²) in [5.74, 6) is -0.458. The lowest BCUT2D eigenvalue weighted by atomic mass is 9.55. The summed E-state index contributed by atoms with van der Waals surface area (Å²) in [5, 5.41) is 20.7. The Balaban J connectivity index is 1.61. The number of carbonyl (C=O) groups is 1. The number of likely N-dealkylation sites (tertiary alicyclic amines) is 1. The molecule has 2 fully saturated rings. The van der Waals surface area contributed by atoms with Crippen LogP contribution in [0, 0.1) is 11.2 Å². The third-order valence-electron chi connectivity index (χ3n) is 6.32. The minimum absolute atomic E-state index is 0.0455. The summed E-state index contributed by atoms with van der Waals surface area (Å²) >= 11 is 0. The second-order valence-corrected chi connectivity index (χ2v) is 7.84. The van der Waals surface area contributed by atoms with Gasteiger partial charge in [0.1, 0.15) is 5.82 Å². The Hall–Kier alpha value is -2.74. The summed E-state index contributed by atoms with van der Waals surface area (Å²) in [4.78, 5) is 29.5. The van der Waals surface area contributed by atoms with Crippen molar-refractivity contribution in [1.29, 1.82) is 0 Å². The van der Waals surface area contributed by atoms with Gasteiger partial charge in [-0.1, -0.05) is 18.6 Å². The summed E-state index contributed by atoms with van der Waals surface area (Å²) in [6, 6.07) is 7.37. The zero-order valence-electron chi connectivity index (χ0n) is 15.3. The lowest BCUT2D eigenvalue weighted by Crippen LogP contribution is -2.65. The minimum atomic E-state index is -1.18. The van der Waals surface area contributed by atoms with Gasteiger partial charge in [0.05, 0.1) is 24.2 Å². The van der Waals surface area contributed by atoms with E-state index in [1.165, 1.54) is 27.9 Å². The molecule has 1 saturated carbocycles. The van der Waals surface area contributed by atoms with Crippen LogP contribution in [-0.2, 0) is 6.54 Å². The van der Waals surface area contributed by atoms with Crippen molar-refractivity contribution in [3.05, 3.63) is 52.8 Å². The fourth-order valence-corrected chi connectivity index (χ4v) is 4.46. The van der Waals surface area contributed by atoms with Gasteiger partial charge in [-0.25, -0.2) is 14.2 Å². The van der Waals surface area contributed by atoms with Crippen molar-refractivity contribution >= 4 is 6.09 Å². The lowest BCUT2D eigenvalue weighted by Gasteiger charge is -2.58. The third-order valence-corrected chi connectivity index (χ3v) is 6.32. The van der Waals surface area contributed by atoms with E-state index in [2.05, 4.69) is 4.98 Å². The molecular weight excluding hydrogens is 365 g/mol. The molecule has 1 aromatic heterocycles. The Kier molecular flexibility index (Phi) is 4.45. The number of hydrogen-bond acceptors (Lipinski definition) is 4. The monoisotopic (exact) mass is 387 g/mol. The molecule has 1 atom stereocenters. The van der Waals surface area contributed by atoms with Gasteiger partial charge in [-0.2, -0.15) is 0 Å². The van der Waals surface area contributed by atoms with Gasteiger partial charge in [0.2, 0.25) is 0 Å². The van der Waals surface area contributed by atoms with Crippen molar-refractivity contribution in [2.75, 3.05) is 13.1 Å². The van der Waals surface area contributed by atoms with E-state index >= 15 is 0 Å². The molecule has 8 heteroatoms. The van der Waals surface area contributed by atoms with Crippen molar-refractivity contribution in [1.82, 2.24) is 14.5 Å². The number of hydrogen-bond donors (Lipinski definition) is 2. The highest BCUT2D eigenvalue weighted by atomic mass is 19.1. The molecule has 2 N–H and O–H groups in total. The second kappa shape index (κ2) is 6.70. The van der Waals surface area contributed by atoms with Gasteiger partial charge in [0, 0.05) is 30.1 Å². The summed E-state index contributed by atoms with van der Waals surface area (Å²) in [7, 11) is 0. The Bertz CT molecular complexity index is 972. The van der Waals surface area contributed by atoms with Gasteiger partial charge in [-0.15, -0.1) is 0 Å². The van der Waals surface area contributed by atoms with Gasteiger partial charge in [-0.3, -0.25) is 9.36 Å². The molecule has 1 aliphatic carbocycles. The van der Waals surface area contributed by atoms with Crippen LogP contribution in [0.25, 0.3) is 11.3 Å². The lowest BCUT2D eigenvalue weighted by molar-refractivity contribution is -0.174. The normalized spacial score (nSPS) is 23.4. The van der Waals surface area contributed by atoms with Crippen LogP contribution in [0.4, 0.5) is 9.18 Å². The Morgan fingerprint density at radius 1 is 1.25 bits per heavy atom. The van der Waals surface area contributed by atoms with Crippen molar-refractivity contribution in [3.63, 3.8) is 0 Å². The van der Waals surface area contributed by atoms with E-state index in [1.54, 1.807) is 18.2 Å². The van der Waals surface area contributed by atoms with Crippen molar-refractivity contribution in [3.8, 4) is 11.3 Å². The maximum atomic E-state index is 14.0. The fraction of sp³-hybridized carbons (Fsp3) is 0.450. The maximum absolute atomic E-state index is 14.0. The first-order chi connectivity index (χ1) is 13.3. The van der Waals surface area contributed by atoms with E-state index in [0.717, 1.165) is 19.3 Å². The number of carboxylic acid groups (broad SMARTS) is 1. The largest absolute Gasteiger partial charge is 0.465 e. The first-order valence-corrected chi connectivity index (χ1v) is 9.35. The predicted molar refractivity (Wildman–Crippen MR) is 99.3 cm³/mol. The molecule has 1 aliphatic heterocycles. The first-order valence-electron chi connectivity index (χ1n) is 9.35. The van der Waals surface area contributed by atoms with E-state index in [1.807, 2.05) is 0 Å². The van der Waals surface area contributed by atoms with Crippen LogP contribution in [0.1, 0.15) is 25.7 Å². The predicted octanol–water partition coefficient (Wildman–Crippen LogP) is 2.33. The average Bonchev–Trinajstić information content (AvgIpc) is 2.62. The zero-order valence-corrected chi connectivity index (χ0v) is 15.3. The number of aromatic nitrogens is 2. The zero-order chi connectivity index (χ0) is 19.9. The molecule has 1 spiro atoms. The number of benzene rings is 1. The highest BCUT2D eigenvalue weighted by Gasteiger charge is 2.57. The van der Waals surface area contributed by atoms with Crippen LogP contribution in [0.2, 0.25) is 0 Å². The van der Waals surface area contributed by atoms with Gasteiger partial charge in [0.25, 0.3) is 5.56 Å². The van der Waals surface area contributed by atoms with Crippen LogP contribution >= 0.6 is 0 Å². The third kappa shape index (κ3) is 2.97. The van der Waals surface area contributed by atoms with Crippen LogP contribution in [-0.4, -0.2) is 49.4 Å². The van der Waals surface area contributed by atoms with E-state index < -0.39 is 22.9 Å². The Labute approximate surface area is 161 Å². The van der Waals surface area contributed by atoms with Crippen LogP contribution in [0.5, 0.6) is 0 Å². The van der Waals surface area contributed by atoms with E-state index in [4.69, 9.17) is 0 Å². The van der Waals surface area contributed by atoms with Gasteiger partial charge in [0.15, 0.2) is 0 Å². The molecule has 2 heterocycles. The molecule has 2 aromatic rings. The van der Waals surface area contributed by atoms with Crippen molar-refractivity contribution in [2.24, 2.45) is 5.41 Å². The summed E-state index contributed by atoms with van der Waals surface area (Å²) < 4.78 is 15.3. The highest BCUT2D eigenvalue weighted by molar-refractivity contribution is 5.65. The number of amides is 1. The SMILES string of the molecule is O=C(O)N1CCC(O)(Cn2cnc(-c3ccccc3F)cc2=O)C2(CCC2)C1. The standard InChI is InChI=1S/C20H22FN3O4/c21-15-5-2-1-4-14(15)16-10-17(25)24(13-22-16)12-20(28)8-9-23(18(26)27)11-19(20)6-3-7-19/h1-2,4-5,10,13,28H,3,6-9,11-12H2,(H,26,27). The minimum Gasteiger partial charge on any atom is -0.465 e. The van der Waals surface area contributed by atoms with E-state index in [-0.39, 0.29) is 42.9 Å². The van der Waals surface area contributed by atoms with Crippen LogP contribution in [0.15, 0.2) is 41.5 Å². The number of rotatable bonds is 3. The number of nitrogens with zero attached hydrogens (tertiary/aromatic N) is 3. The summed E-state index contributed by atoms with van der Waals surface area (Å²) in [6.45, 7) is 0.543. The molecule has 2 aliphatic rings. The second-order valence-electron chi connectivity index (χ2n) is 7.84. The quantitative estimate of drug-likeness (QED) is 0.843. The number of aliphatic hydroxyl groups is 1. The van der Waals surface area contributed by atoms with Crippen LogP contribution in [0.3, 0.4) is 0 Å². The molecule has 4 rings (SSSR count). The number of halogens is 1. The highest BCUT2D eigenvalue weighted by Crippen LogP contribution is 2.53. The molecule has 28 heavy (non-hydrogen) atoms. The molecule has 1 unspecified atom stereocenters. The Morgan fingerprint density at radius 2 is 2.00 bits per heavy atom.